The van der Waals surface area contributed by atoms with Crippen LogP contribution in [0, 0.1) is 17.8 Å². The van der Waals surface area contributed by atoms with E-state index >= 15 is 0 Å². The zero-order valence-electron chi connectivity index (χ0n) is 12.7. The molecule has 0 spiro atoms. The minimum absolute atomic E-state index is 0.191. The Morgan fingerprint density at radius 2 is 2.00 bits per heavy atom. The van der Waals surface area contributed by atoms with Gasteiger partial charge in [-0.1, -0.05) is 12.3 Å². The Kier molecular flexibility index (Phi) is 5.87. The zero-order chi connectivity index (χ0) is 15.2. The topological polar surface area (TPSA) is 67.4 Å². The predicted octanol–water partition coefficient (Wildman–Crippen LogP) is 1.82. The second-order valence-electron chi connectivity index (χ2n) is 5.96. The van der Waals surface area contributed by atoms with Crippen LogP contribution in [0.1, 0.15) is 47.0 Å². The Hall–Kier alpha value is -1.70. The van der Waals surface area contributed by atoms with Gasteiger partial charge in [0.1, 0.15) is 11.6 Å². The molecular weight excluding hydrogens is 256 g/mol. The number of hydrogen-bond donors (Lipinski definition) is 2. The molecule has 1 aliphatic carbocycles. The summed E-state index contributed by atoms with van der Waals surface area (Å²) in [5.41, 5.74) is -0.571. The number of amides is 2. The fourth-order valence-electron chi connectivity index (χ4n) is 1.93. The molecule has 0 aliphatic heterocycles. The van der Waals surface area contributed by atoms with Crippen LogP contribution < -0.4 is 10.6 Å². The molecule has 1 atom stereocenters. The van der Waals surface area contributed by atoms with Gasteiger partial charge in [-0.25, -0.2) is 4.79 Å². The molecule has 0 aromatic heterocycles. The third-order valence-electron chi connectivity index (χ3n) is 3.10. The summed E-state index contributed by atoms with van der Waals surface area (Å²) in [6.07, 6.45) is 2.45. The highest BCUT2D eigenvalue weighted by Gasteiger charge is 2.34. The summed E-state index contributed by atoms with van der Waals surface area (Å²) >= 11 is 0. The summed E-state index contributed by atoms with van der Waals surface area (Å²) in [6.45, 7) is 7.40. The smallest absolute Gasteiger partial charge is 0.408 e. The standard InChI is InChI=1S/C15H24N2O3/c1-5-6-10-16-13(18)12(11-8-7-9-11)17-14(19)20-15(2,3)4/h11-12H,7-10H2,1-4H3,(H,16,18)(H,17,19). The van der Waals surface area contributed by atoms with Gasteiger partial charge in [0.05, 0.1) is 6.54 Å². The van der Waals surface area contributed by atoms with E-state index in [0.717, 1.165) is 19.3 Å². The molecule has 0 radical (unpaired) electrons. The average molecular weight is 280 g/mol. The fourth-order valence-corrected chi connectivity index (χ4v) is 1.93. The lowest BCUT2D eigenvalue weighted by Gasteiger charge is -2.33. The molecule has 5 nitrogen and oxygen atoms in total. The van der Waals surface area contributed by atoms with Gasteiger partial charge < -0.3 is 15.4 Å². The highest BCUT2D eigenvalue weighted by molar-refractivity contribution is 5.86. The van der Waals surface area contributed by atoms with Gasteiger partial charge in [0.25, 0.3) is 0 Å². The maximum atomic E-state index is 12.1. The van der Waals surface area contributed by atoms with E-state index in [4.69, 9.17) is 4.74 Å². The van der Waals surface area contributed by atoms with Gasteiger partial charge in [-0.3, -0.25) is 4.79 Å². The van der Waals surface area contributed by atoms with E-state index in [-0.39, 0.29) is 11.8 Å². The summed E-state index contributed by atoms with van der Waals surface area (Å²) in [6, 6.07) is -0.530. The van der Waals surface area contributed by atoms with Gasteiger partial charge in [0, 0.05) is 0 Å². The van der Waals surface area contributed by atoms with Crippen LogP contribution in [0.2, 0.25) is 0 Å². The molecular formula is C15H24N2O3. The number of rotatable bonds is 4. The first-order valence-electron chi connectivity index (χ1n) is 7.00. The SMILES string of the molecule is CC#CCNC(=O)C(NC(=O)OC(C)(C)C)C1CCC1. The van der Waals surface area contributed by atoms with Gasteiger partial charge in [0.15, 0.2) is 0 Å². The van der Waals surface area contributed by atoms with Crippen molar-refractivity contribution in [1.82, 2.24) is 10.6 Å². The zero-order valence-corrected chi connectivity index (χ0v) is 12.7. The average Bonchev–Trinajstić information content (AvgIpc) is 2.23. The molecule has 112 valence electrons. The van der Waals surface area contributed by atoms with E-state index < -0.39 is 17.7 Å². The minimum Gasteiger partial charge on any atom is -0.444 e. The van der Waals surface area contributed by atoms with E-state index in [9.17, 15) is 9.59 Å². The van der Waals surface area contributed by atoms with E-state index in [1.807, 2.05) is 0 Å². The van der Waals surface area contributed by atoms with Crippen LogP contribution >= 0.6 is 0 Å². The van der Waals surface area contributed by atoms with Crippen LogP contribution in [0.25, 0.3) is 0 Å². The first-order chi connectivity index (χ1) is 9.33. The largest absolute Gasteiger partial charge is 0.444 e. The Morgan fingerprint density at radius 3 is 2.45 bits per heavy atom. The first kappa shape index (κ1) is 16.4. The highest BCUT2D eigenvalue weighted by Crippen LogP contribution is 2.29. The van der Waals surface area contributed by atoms with E-state index in [0.29, 0.717) is 6.54 Å². The first-order valence-corrected chi connectivity index (χ1v) is 7.00. The molecule has 0 aromatic carbocycles. The van der Waals surface area contributed by atoms with Gasteiger partial charge in [-0.2, -0.15) is 0 Å². The van der Waals surface area contributed by atoms with Crippen LogP contribution in [0.5, 0.6) is 0 Å². The van der Waals surface area contributed by atoms with Crippen molar-refractivity contribution >= 4 is 12.0 Å². The second kappa shape index (κ2) is 7.18. The molecule has 0 saturated heterocycles. The maximum absolute atomic E-state index is 12.1. The third kappa shape index (κ3) is 5.52. The van der Waals surface area contributed by atoms with Gasteiger partial charge in [0.2, 0.25) is 5.91 Å². The molecule has 0 bridgehead atoms. The summed E-state index contributed by atoms with van der Waals surface area (Å²) in [5, 5.41) is 5.40. The predicted molar refractivity (Wildman–Crippen MR) is 77.0 cm³/mol. The number of alkyl carbamates (subject to hydrolysis) is 1. The number of carbonyl (C=O) groups excluding carboxylic acids is 2. The molecule has 2 N–H and O–H groups in total. The van der Waals surface area contributed by atoms with Crippen molar-refractivity contribution in [2.45, 2.75) is 58.6 Å². The summed E-state index contributed by atoms with van der Waals surface area (Å²) < 4.78 is 5.20. The van der Waals surface area contributed by atoms with E-state index in [1.54, 1.807) is 27.7 Å². The number of carbonyl (C=O) groups is 2. The number of hydrogen-bond acceptors (Lipinski definition) is 3. The Morgan fingerprint density at radius 1 is 1.35 bits per heavy atom. The third-order valence-corrected chi connectivity index (χ3v) is 3.10. The summed E-state index contributed by atoms with van der Waals surface area (Å²) in [7, 11) is 0. The van der Waals surface area contributed by atoms with Crippen LogP contribution in [0.15, 0.2) is 0 Å². The molecule has 1 saturated carbocycles. The van der Waals surface area contributed by atoms with Crippen molar-refractivity contribution in [3.8, 4) is 11.8 Å². The number of nitrogens with one attached hydrogen (secondary N) is 2. The minimum atomic E-state index is -0.571. The van der Waals surface area contributed by atoms with Crippen LogP contribution in [0.4, 0.5) is 4.79 Å². The maximum Gasteiger partial charge on any atom is 0.408 e. The van der Waals surface area contributed by atoms with Crippen molar-refractivity contribution in [3.05, 3.63) is 0 Å². The highest BCUT2D eigenvalue weighted by atomic mass is 16.6. The van der Waals surface area contributed by atoms with Crippen molar-refractivity contribution in [3.63, 3.8) is 0 Å². The second-order valence-corrected chi connectivity index (χ2v) is 5.96. The van der Waals surface area contributed by atoms with Crippen LogP contribution in [0.3, 0.4) is 0 Å². The fraction of sp³-hybridized carbons (Fsp3) is 0.733. The van der Waals surface area contributed by atoms with Gasteiger partial charge in [-0.05, 0) is 46.5 Å². The monoisotopic (exact) mass is 280 g/mol. The lowest BCUT2D eigenvalue weighted by atomic mass is 9.79. The van der Waals surface area contributed by atoms with E-state index in [2.05, 4.69) is 22.5 Å². The van der Waals surface area contributed by atoms with Crippen molar-refractivity contribution in [1.29, 1.82) is 0 Å². The summed E-state index contributed by atoms with van der Waals surface area (Å²) in [5.74, 6) is 5.49. The quantitative estimate of drug-likeness (QED) is 0.772. The van der Waals surface area contributed by atoms with Crippen molar-refractivity contribution < 1.29 is 14.3 Å². The molecule has 20 heavy (non-hydrogen) atoms. The lowest BCUT2D eigenvalue weighted by Crippen LogP contribution is -2.53. The lowest BCUT2D eigenvalue weighted by molar-refractivity contribution is -0.125. The molecule has 2 amide bonds. The van der Waals surface area contributed by atoms with Crippen LogP contribution in [-0.2, 0) is 9.53 Å². The molecule has 1 aliphatic rings. The normalized spacial score (nSPS) is 16.2. The molecule has 0 heterocycles. The molecule has 1 rings (SSSR count). The Bertz CT molecular complexity index is 411. The Labute approximate surface area is 120 Å². The molecule has 0 aromatic rings. The Balaban J connectivity index is 2.57. The van der Waals surface area contributed by atoms with Crippen LogP contribution in [-0.4, -0.2) is 30.2 Å². The molecule has 5 heteroatoms. The molecule has 1 fully saturated rings. The van der Waals surface area contributed by atoms with Crippen molar-refractivity contribution in [2.24, 2.45) is 5.92 Å². The van der Waals surface area contributed by atoms with Gasteiger partial charge >= 0.3 is 6.09 Å². The van der Waals surface area contributed by atoms with Gasteiger partial charge in [-0.15, -0.1) is 5.92 Å². The molecule has 1 unspecified atom stereocenters. The number of ether oxygens (including phenoxy) is 1. The van der Waals surface area contributed by atoms with E-state index in [1.165, 1.54) is 0 Å². The van der Waals surface area contributed by atoms with Crippen molar-refractivity contribution in [2.75, 3.05) is 6.54 Å². The summed E-state index contributed by atoms with van der Waals surface area (Å²) in [4.78, 5) is 23.9.